The van der Waals surface area contributed by atoms with Crippen LogP contribution in [0.3, 0.4) is 0 Å². The number of halogens is 1. The molecule has 1 aliphatic carbocycles. The summed E-state index contributed by atoms with van der Waals surface area (Å²) in [5.41, 5.74) is 1.34. The molecule has 0 aromatic carbocycles. The number of aryl methyl sites for hydroxylation is 1. The van der Waals surface area contributed by atoms with Crippen LogP contribution in [-0.2, 0) is 0 Å². The standard InChI is InChI=1S/C12H17ClN2/c1-8-5-4-6-14-11(8)15-10-7-9(13)12(10,2)3/h4-6,9-10H,7H2,1-3H3,(H,14,15). The first-order valence-electron chi connectivity index (χ1n) is 5.34. The Morgan fingerprint density at radius 3 is 2.80 bits per heavy atom. The molecule has 0 radical (unpaired) electrons. The van der Waals surface area contributed by atoms with Gasteiger partial charge in [0.15, 0.2) is 0 Å². The zero-order valence-electron chi connectivity index (χ0n) is 9.42. The van der Waals surface area contributed by atoms with Gasteiger partial charge in [-0.25, -0.2) is 4.98 Å². The number of rotatable bonds is 2. The van der Waals surface area contributed by atoms with E-state index in [1.165, 1.54) is 5.56 Å². The van der Waals surface area contributed by atoms with Crippen molar-refractivity contribution in [3.63, 3.8) is 0 Å². The maximum atomic E-state index is 6.18. The van der Waals surface area contributed by atoms with Crippen LogP contribution in [0.4, 0.5) is 5.82 Å². The Kier molecular flexibility index (Phi) is 2.63. The lowest BCUT2D eigenvalue weighted by atomic mass is 9.67. The summed E-state index contributed by atoms with van der Waals surface area (Å²) in [6.07, 6.45) is 2.84. The normalized spacial score (nSPS) is 28.3. The molecular formula is C12H17ClN2. The molecule has 2 rings (SSSR count). The smallest absolute Gasteiger partial charge is 0.129 e. The Hall–Kier alpha value is -0.760. The van der Waals surface area contributed by atoms with E-state index in [1.54, 1.807) is 0 Å². The van der Waals surface area contributed by atoms with E-state index in [0.29, 0.717) is 6.04 Å². The highest BCUT2D eigenvalue weighted by atomic mass is 35.5. The lowest BCUT2D eigenvalue weighted by Gasteiger charge is -2.49. The second kappa shape index (κ2) is 3.67. The van der Waals surface area contributed by atoms with E-state index in [4.69, 9.17) is 11.6 Å². The molecule has 0 saturated heterocycles. The molecule has 1 aromatic rings. The van der Waals surface area contributed by atoms with Gasteiger partial charge >= 0.3 is 0 Å². The second-order valence-electron chi connectivity index (χ2n) is 4.89. The highest BCUT2D eigenvalue weighted by molar-refractivity contribution is 6.21. The molecule has 1 aliphatic rings. The van der Waals surface area contributed by atoms with Crippen molar-refractivity contribution in [2.75, 3.05) is 5.32 Å². The van der Waals surface area contributed by atoms with Crippen LogP contribution in [0, 0.1) is 12.3 Å². The minimum absolute atomic E-state index is 0.158. The number of alkyl halides is 1. The first-order valence-corrected chi connectivity index (χ1v) is 5.77. The van der Waals surface area contributed by atoms with Crippen molar-refractivity contribution in [1.29, 1.82) is 0 Å². The molecule has 0 bridgehead atoms. The molecule has 1 saturated carbocycles. The van der Waals surface area contributed by atoms with E-state index in [2.05, 4.69) is 37.1 Å². The quantitative estimate of drug-likeness (QED) is 0.781. The summed E-state index contributed by atoms with van der Waals surface area (Å²) in [4.78, 5) is 4.34. The molecule has 0 spiro atoms. The number of nitrogens with one attached hydrogen (secondary N) is 1. The Bertz CT molecular complexity index is 362. The van der Waals surface area contributed by atoms with Crippen molar-refractivity contribution < 1.29 is 0 Å². The Balaban J connectivity index is 2.08. The van der Waals surface area contributed by atoms with Gasteiger partial charge in [0.1, 0.15) is 5.82 Å². The molecular weight excluding hydrogens is 208 g/mol. The van der Waals surface area contributed by atoms with E-state index >= 15 is 0 Å². The molecule has 1 heterocycles. The number of pyridine rings is 1. The number of hydrogen-bond acceptors (Lipinski definition) is 2. The fourth-order valence-electron chi connectivity index (χ4n) is 1.92. The first-order chi connectivity index (χ1) is 7.01. The minimum atomic E-state index is 0.158. The summed E-state index contributed by atoms with van der Waals surface area (Å²) in [6.45, 7) is 6.47. The molecule has 0 aliphatic heterocycles. The third-order valence-corrected chi connectivity index (χ3v) is 4.21. The van der Waals surface area contributed by atoms with Gasteiger partial charge in [-0.15, -0.1) is 11.6 Å². The Morgan fingerprint density at radius 2 is 2.27 bits per heavy atom. The van der Waals surface area contributed by atoms with Crippen LogP contribution in [-0.4, -0.2) is 16.4 Å². The number of hydrogen-bond donors (Lipinski definition) is 1. The first kappa shape index (κ1) is 10.7. The van der Waals surface area contributed by atoms with Gasteiger partial charge in [-0.05, 0) is 25.0 Å². The lowest BCUT2D eigenvalue weighted by molar-refractivity contribution is 0.168. The van der Waals surface area contributed by atoms with Gasteiger partial charge < -0.3 is 5.32 Å². The van der Waals surface area contributed by atoms with Crippen molar-refractivity contribution in [2.24, 2.45) is 5.41 Å². The summed E-state index contributed by atoms with van der Waals surface area (Å²) >= 11 is 6.18. The number of aromatic nitrogens is 1. The van der Waals surface area contributed by atoms with Crippen LogP contribution in [0.15, 0.2) is 18.3 Å². The van der Waals surface area contributed by atoms with E-state index in [0.717, 1.165) is 12.2 Å². The highest BCUT2D eigenvalue weighted by Gasteiger charge is 2.47. The van der Waals surface area contributed by atoms with E-state index in [1.807, 2.05) is 12.3 Å². The zero-order chi connectivity index (χ0) is 11.1. The molecule has 1 aromatic heterocycles. The molecule has 82 valence electrons. The lowest BCUT2D eigenvalue weighted by Crippen LogP contribution is -2.54. The summed E-state index contributed by atoms with van der Waals surface area (Å²) < 4.78 is 0. The predicted molar refractivity (Wildman–Crippen MR) is 64.4 cm³/mol. The monoisotopic (exact) mass is 224 g/mol. The third kappa shape index (κ3) is 1.83. The molecule has 0 amide bonds. The average Bonchev–Trinajstić information content (AvgIpc) is 2.20. The molecule has 3 heteroatoms. The van der Waals surface area contributed by atoms with Crippen molar-refractivity contribution in [2.45, 2.75) is 38.6 Å². The van der Waals surface area contributed by atoms with Crippen LogP contribution < -0.4 is 5.32 Å². The van der Waals surface area contributed by atoms with Gasteiger partial charge in [-0.3, -0.25) is 0 Å². The van der Waals surface area contributed by atoms with Crippen LogP contribution in [0.25, 0.3) is 0 Å². The van der Waals surface area contributed by atoms with Gasteiger partial charge in [-0.2, -0.15) is 0 Å². The fourth-order valence-corrected chi connectivity index (χ4v) is 2.25. The van der Waals surface area contributed by atoms with Gasteiger partial charge in [-0.1, -0.05) is 19.9 Å². The van der Waals surface area contributed by atoms with Gasteiger partial charge in [0, 0.05) is 23.0 Å². The molecule has 1 N–H and O–H groups in total. The van der Waals surface area contributed by atoms with Gasteiger partial charge in [0.25, 0.3) is 0 Å². The summed E-state index contributed by atoms with van der Waals surface area (Å²) in [5, 5.41) is 3.75. The number of nitrogens with zero attached hydrogens (tertiary/aromatic N) is 1. The highest BCUT2D eigenvalue weighted by Crippen LogP contribution is 2.45. The van der Waals surface area contributed by atoms with Crippen molar-refractivity contribution >= 4 is 17.4 Å². The largest absolute Gasteiger partial charge is 0.366 e. The SMILES string of the molecule is Cc1cccnc1NC1CC(Cl)C1(C)C. The predicted octanol–water partition coefficient (Wildman–Crippen LogP) is 3.21. The van der Waals surface area contributed by atoms with Crippen LogP contribution in [0.1, 0.15) is 25.8 Å². The molecule has 2 unspecified atom stereocenters. The zero-order valence-corrected chi connectivity index (χ0v) is 10.2. The van der Waals surface area contributed by atoms with E-state index in [-0.39, 0.29) is 10.8 Å². The minimum Gasteiger partial charge on any atom is -0.366 e. The Labute approximate surface area is 96.1 Å². The average molecular weight is 225 g/mol. The van der Waals surface area contributed by atoms with Crippen LogP contribution in [0.2, 0.25) is 0 Å². The number of anilines is 1. The molecule has 15 heavy (non-hydrogen) atoms. The van der Waals surface area contributed by atoms with Gasteiger partial charge in [0.2, 0.25) is 0 Å². The second-order valence-corrected chi connectivity index (χ2v) is 5.42. The van der Waals surface area contributed by atoms with Crippen LogP contribution in [0.5, 0.6) is 0 Å². The van der Waals surface area contributed by atoms with Crippen molar-refractivity contribution in [3.8, 4) is 0 Å². The summed E-state index contributed by atoms with van der Waals surface area (Å²) in [6, 6.07) is 4.46. The maximum Gasteiger partial charge on any atom is 0.129 e. The van der Waals surface area contributed by atoms with Crippen LogP contribution >= 0.6 is 11.6 Å². The summed E-state index contributed by atoms with van der Waals surface area (Å²) in [5.74, 6) is 0.985. The van der Waals surface area contributed by atoms with Gasteiger partial charge in [0.05, 0.1) is 0 Å². The Morgan fingerprint density at radius 1 is 1.53 bits per heavy atom. The summed E-state index contributed by atoms with van der Waals surface area (Å²) in [7, 11) is 0. The maximum absolute atomic E-state index is 6.18. The molecule has 1 fully saturated rings. The topological polar surface area (TPSA) is 24.9 Å². The molecule has 2 nitrogen and oxygen atoms in total. The third-order valence-electron chi connectivity index (χ3n) is 3.47. The van der Waals surface area contributed by atoms with E-state index in [9.17, 15) is 0 Å². The fraction of sp³-hybridized carbons (Fsp3) is 0.583. The van der Waals surface area contributed by atoms with Crippen molar-refractivity contribution in [1.82, 2.24) is 4.98 Å². The molecule has 2 atom stereocenters. The van der Waals surface area contributed by atoms with E-state index < -0.39 is 0 Å². The van der Waals surface area contributed by atoms with Crippen molar-refractivity contribution in [3.05, 3.63) is 23.9 Å².